The average molecular weight is 137 g/mol. The number of rotatable bonds is 0. The SMILES string of the molecule is CC.Cc1ccccc1.[CH3-]. The number of hydrogen-bond donors (Lipinski definition) is 0. The summed E-state index contributed by atoms with van der Waals surface area (Å²) in [5.41, 5.74) is 1.32. The minimum absolute atomic E-state index is 0. The summed E-state index contributed by atoms with van der Waals surface area (Å²) in [4.78, 5) is 0. The lowest BCUT2D eigenvalue weighted by Crippen LogP contribution is -1.62. The molecule has 0 saturated heterocycles. The predicted octanol–water partition coefficient (Wildman–Crippen LogP) is 3.47. The smallest absolute Gasteiger partial charge is 0.0398 e. The van der Waals surface area contributed by atoms with Crippen LogP contribution < -0.4 is 0 Å². The van der Waals surface area contributed by atoms with Gasteiger partial charge in [0.1, 0.15) is 0 Å². The van der Waals surface area contributed by atoms with Gasteiger partial charge >= 0.3 is 0 Å². The molecule has 0 fully saturated rings. The summed E-state index contributed by atoms with van der Waals surface area (Å²) >= 11 is 0. The van der Waals surface area contributed by atoms with E-state index in [4.69, 9.17) is 0 Å². The molecule has 0 heteroatoms. The van der Waals surface area contributed by atoms with Crippen molar-refractivity contribution < 1.29 is 0 Å². The summed E-state index contributed by atoms with van der Waals surface area (Å²) < 4.78 is 0. The highest BCUT2D eigenvalue weighted by atomic mass is 13.8. The van der Waals surface area contributed by atoms with E-state index in [9.17, 15) is 0 Å². The van der Waals surface area contributed by atoms with Crippen LogP contribution in [0.2, 0.25) is 0 Å². The second kappa shape index (κ2) is 8.22. The Morgan fingerprint density at radius 3 is 1.50 bits per heavy atom. The molecule has 0 N–H and O–H groups in total. The molecular formula is C10H17-. The van der Waals surface area contributed by atoms with Crippen molar-refractivity contribution in [2.45, 2.75) is 20.8 Å². The molecule has 0 heterocycles. The maximum atomic E-state index is 2.08. The molecule has 0 spiro atoms. The Kier molecular flexibility index (Phi) is 9.82. The van der Waals surface area contributed by atoms with Gasteiger partial charge < -0.3 is 7.43 Å². The van der Waals surface area contributed by atoms with E-state index in [1.807, 2.05) is 32.0 Å². The highest BCUT2D eigenvalue weighted by molar-refractivity contribution is 5.11. The summed E-state index contributed by atoms with van der Waals surface area (Å²) in [6, 6.07) is 10.3. The van der Waals surface area contributed by atoms with Crippen molar-refractivity contribution in [1.29, 1.82) is 0 Å². The second-order valence-corrected chi connectivity index (χ2v) is 1.65. The summed E-state index contributed by atoms with van der Waals surface area (Å²) in [7, 11) is 0. The lowest BCUT2D eigenvalue weighted by molar-refractivity contribution is 1.48. The van der Waals surface area contributed by atoms with Gasteiger partial charge in [0.15, 0.2) is 0 Å². The van der Waals surface area contributed by atoms with Crippen LogP contribution >= 0.6 is 0 Å². The first-order valence-corrected chi connectivity index (χ1v) is 3.41. The molecule has 0 nitrogen and oxygen atoms in total. The van der Waals surface area contributed by atoms with Crippen molar-refractivity contribution >= 4 is 0 Å². The molecule has 0 aliphatic rings. The third kappa shape index (κ3) is 5.36. The Hall–Kier alpha value is -0.780. The van der Waals surface area contributed by atoms with E-state index >= 15 is 0 Å². The normalized spacial score (nSPS) is 6.70. The zero-order valence-electron chi connectivity index (χ0n) is 7.39. The van der Waals surface area contributed by atoms with Gasteiger partial charge in [-0.15, -0.1) is 0 Å². The fraction of sp³-hybridized carbons (Fsp3) is 0.300. The summed E-state index contributed by atoms with van der Waals surface area (Å²) in [5, 5.41) is 0. The van der Waals surface area contributed by atoms with E-state index in [0.29, 0.717) is 0 Å². The maximum Gasteiger partial charge on any atom is -0.0398 e. The lowest BCUT2D eigenvalue weighted by atomic mass is 10.2. The lowest BCUT2D eigenvalue weighted by Gasteiger charge is -1.82. The molecule has 0 aliphatic heterocycles. The molecule has 1 aromatic carbocycles. The van der Waals surface area contributed by atoms with Crippen molar-refractivity contribution in [3.8, 4) is 0 Å². The topological polar surface area (TPSA) is 0 Å². The van der Waals surface area contributed by atoms with Crippen LogP contribution in [0.4, 0.5) is 0 Å². The summed E-state index contributed by atoms with van der Waals surface area (Å²) in [6.07, 6.45) is 0. The molecule has 10 heavy (non-hydrogen) atoms. The second-order valence-electron chi connectivity index (χ2n) is 1.65. The fourth-order valence-corrected chi connectivity index (χ4v) is 0.534. The summed E-state index contributed by atoms with van der Waals surface area (Å²) in [6.45, 7) is 6.08. The van der Waals surface area contributed by atoms with Gasteiger partial charge in [0.25, 0.3) is 0 Å². The van der Waals surface area contributed by atoms with Crippen LogP contribution in [0, 0.1) is 14.4 Å². The van der Waals surface area contributed by atoms with E-state index in [2.05, 4.69) is 19.1 Å². The Bertz CT molecular complexity index is 130. The molecule has 1 rings (SSSR count). The van der Waals surface area contributed by atoms with Gasteiger partial charge in [-0.3, -0.25) is 0 Å². The molecule has 0 aliphatic carbocycles. The fourth-order valence-electron chi connectivity index (χ4n) is 0.534. The Morgan fingerprint density at radius 2 is 1.30 bits per heavy atom. The van der Waals surface area contributed by atoms with Crippen LogP contribution in [0.3, 0.4) is 0 Å². The standard InChI is InChI=1S/C7H8.C2H6.CH3/c1-7-5-3-2-4-6-7;1-2;/h2-6H,1H3;1-2H3;1H3/q;;-1. The molecular weight excluding hydrogens is 120 g/mol. The van der Waals surface area contributed by atoms with Gasteiger partial charge in [-0.05, 0) is 6.92 Å². The summed E-state index contributed by atoms with van der Waals surface area (Å²) in [5.74, 6) is 0. The van der Waals surface area contributed by atoms with E-state index in [1.165, 1.54) is 5.56 Å². The molecule has 1 aromatic rings. The van der Waals surface area contributed by atoms with Crippen LogP contribution in [-0.2, 0) is 0 Å². The molecule has 0 bridgehead atoms. The first-order valence-electron chi connectivity index (χ1n) is 3.41. The van der Waals surface area contributed by atoms with Crippen LogP contribution in [0.1, 0.15) is 19.4 Å². The third-order valence-corrected chi connectivity index (χ3v) is 0.940. The maximum absolute atomic E-state index is 2.08. The molecule has 58 valence electrons. The number of benzene rings is 1. The van der Waals surface area contributed by atoms with Crippen molar-refractivity contribution in [3.63, 3.8) is 0 Å². The van der Waals surface area contributed by atoms with E-state index < -0.39 is 0 Å². The first-order chi connectivity index (χ1) is 4.39. The molecule has 0 aromatic heterocycles. The van der Waals surface area contributed by atoms with Gasteiger partial charge in [-0.2, -0.15) is 0 Å². The molecule has 0 radical (unpaired) electrons. The highest BCUT2D eigenvalue weighted by Gasteiger charge is 1.72. The van der Waals surface area contributed by atoms with Crippen molar-refractivity contribution in [3.05, 3.63) is 43.3 Å². The van der Waals surface area contributed by atoms with Gasteiger partial charge in [-0.1, -0.05) is 49.7 Å². The zero-order valence-corrected chi connectivity index (χ0v) is 7.39. The monoisotopic (exact) mass is 137 g/mol. The van der Waals surface area contributed by atoms with E-state index in [1.54, 1.807) is 0 Å². The third-order valence-electron chi connectivity index (χ3n) is 0.940. The molecule has 0 saturated carbocycles. The highest BCUT2D eigenvalue weighted by Crippen LogP contribution is 1.92. The average Bonchev–Trinajstić information content (AvgIpc) is 1.94. The molecule has 0 atom stereocenters. The van der Waals surface area contributed by atoms with Crippen molar-refractivity contribution in [2.75, 3.05) is 0 Å². The molecule has 0 amide bonds. The van der Waals surface area contributed by atoms with Crippen LogP contribution in [0.15, 0.2) is 30.3 Å². The quantitative estimate of drug-likeness (QED) is 0.480. The first kappa shape index (κ1) is 12.0. The Labute approximate surface area is 64.9 Å². The number of hydrogen-bond acceptors (Lipinski definition) is 0. The predicted molar refractivity (Wildman–Crippen MR) is 48.9 cm³/mol. The van der Waals surface area contributed by atoms with Crippen molar-refractivity contribution in [1.82, 2.24) is 0 Å². The Morgan fingerprint density at radius 1 is 0.900 bits per heavy atom. The van der Waals surface area contributed by atoms with Gasteiger partial charge in [-0.25, -0.2) is 0 Å². The minimum atomic E-state index is 0. The van der Waals surface area contributed by atoms with E-state index in [0.717, 1.165) is 0 Å². The zero-order chi connectivity index (χ0) is 7.11. The number of aryl methyl sites for hydroxylation is 1. The Balaban J connectivity index is 0. The molecule has 0 unspecified atom stereocenters. The largest absolute Gasteiger partial charge is 0.358 e. The van der Waals surface area contributed by atoms with Crippen molar-refractivity contribution in [2.24, 2.45) is 0 Å². The van der Waals surface area contributed by atoms with Crippen LogP contribution in [-0.4, -0.2) is 0 Å². The van der Waals surface area contributed by atoms with Crippen LogP contribution in [0.25, 0.3) is 0 Å². The minimum Gasteiger partial charge on any atom is -0.358 e. The van der Waals surface area contributed by atoms with E-state index in [-0.39, 0.29) is 7.43 Å². The van der Waals surface area contributed by atoms with Crippen LogP contribution in [0.5, 0.6) is 0 Å². The van der Waals surface area contributed by atoms with Gasteiger partial charge in [0.05, 0.1) is 0 Å². The van der Waals surface area contributed by atoms with Gasteiger partial charge in [0, 0.05) is 0 Å². The van der Waals surface area contributed by atoms with Gasteiger partial charge in [0.2, 0.25) is 0 Å².